The van der Waals surface area contributed by atoms with Gasteiger partial charge in [0.1, 0.15) is 10.9 Å². The van der Waals surface area contributed by atoms with Crippen molar-refractivity contribution in [1.82, 2.24) is 9.55 Å². The molecule has 0 spiro atoms. The van der Waals surface area contributed by atoms with E-state index in [1.807, 2.05) is 39.0 Å². The van der Waals surface area contributed by atoms with E-state index in [1.165, 1.54) is 22.2 Å². The third kappa shape index (κ3) is 3.05. The van der Waals surface area contributed by atoms with E-state index >= 15 is 0 Å². The van der Waals surface area contributed by atoms with Gasteiger partial charge in [-0.05, 0) is 50.8 Å². The van der Waals surface area contributed by atoms with Gasteiger partial charge in [-0.3, -0.25) is 14.2 Å². The number of carbonyl (C=O) groups is 1. The Morgan fingerprint density at radius 1 is 1.31 bits per heavy atom. The number of aromatic nitrogens is 2. The number of fused-ring (bicyclic) bond motifs is 1. The zero-order valence-corrected chi connectivity index (χ0v) is 16.5. The van der Waals surface area contributed by atoms with Gasteiger partial charge in [0, 0.05) is 10.6 Å². The molecule has 26 heavy (non-hydrogen) atoms. The minimum atomic E-state index is -0.650. The summed E-state index contributed by atoms with van der Waals surface area (Å²) < 4.78 is 1.42. The molecule has 3 rings (SSSR count). The van der Waals surface area contributed by atoms with E-state index in [0.29, 0.717) is 5.39 Å². The molecule has 2 aromatic heterocycles. The molecule has 1 N–H and O–H groups in total. The number of hydrogen-bond donors (Lipinski definition) is 1. The maximum Gasteiger partial charge on any atom is 0.263 e. The monoisotopic (exact) mass is 369 g/mol. The standard InChI is InChI=1S/C20H23N3O2S/c1-6-15-9-7-8-11(2)17(15)22-18(24)13(4)23-10-21-19-16(20(23)25)12(3)14(5)26-19/h7-10,13H,6H2,1-5H3,(H,22,24)/t13-/m1/s1. The number of thiophene rings is 1. The smallest absolute Gasteiger partial charge is 0.263 e. The highest BCUT2D eigenvalue weighted by atomic mass is 32.1. The molecule has 1 aromatic carbocycles. The first-order chi connectivity index (χ1) is 12.3. The molecule has 0 aliphatic rings. The van der Waals surface area contributed by atoms with Crippen LogP contribution in [-0.2, 0) is 11.2 Å². The first-order valence-corrected chi connectivity index (χ1v) is 9.53. The Hall–Kier alpha value is -2.47. The lowest BCUT2D eigenvalue weighted by Gasteiger charge is -2.18. The highest BCUT2D eigenvalue weighted by Gasteiger charge is 2.21. The fourth-order valence-corrected chi connectivity index (χ4v) is 4.07. The van der Waals surface area contributed by atoms with Crippen LogP contribution in [0.25, 0.3) is 10.2 Å². The maximum absolute atomic E-state index is 12.9. The third-order valence-electron chi connectivity index (χ3n) is 4.90. The van der Waals surface area contributed by atoms with Gasteiger partial charge in [0.2, 0.25) is 5.91 Å². The van der Waals surface area contributed by atoms with Crippen LogP contribution < -0.4 is 10.9 Å². The Bertz CT molecular complexity index is 1050. The van der Waals surface area contributed by atoms with E-state index in [0.717, 1.165) is 38.5 Å². The minimum absolute atomic E-state index is 0.167. The molecule has 0 fully saturated rings. The van der Waals surface area contributed by atoms with E-state index < -0.39 is 6.04 Å². The van der Waals surface area contributed by atoms with Gasteiger partial charge in [-0.2, -0.15) is 0 Å². The van der Waals surface area contributed by atoms with Crippen molar-refractivity contribution >= 4 is 33.1 Å². The van der Waals surface area contributed by atoms with Gasteiger partial charge >= 0.3 is 0 Å². The number of hydrogen-bond acceptors (Lipinski definition) is 4. The van der Waals surface area contributed by atoms with Crippen molar-refractivity contribution in [3.05, 3.63) is 56.4 Å². The van der Waals surface area contributed by atoms with Crippen molar-refractivity contribution in [3.8, 4) is 0 Å². The van der Waals surface area contributed by atoms with Crippen molar-refractivity contribution in [3.63, 3.8) is 0 Å². The van der Waals surface area contributed by atoms with Gasteiger partial charge < -0.3 is 5.32 Å². The van der Waals surface area contributed by atoms with Crippen LogP contribution in [0.15, 0.2) is 29.3 Å². The zero-order chi connectivity index (χ0) is 19.0. The van der Waals surface area contributed by atoms with Gasteiger partial charge in [-0.1, -0.05) is 25.1 Å². The Labute approximate surface area is 156 Å². The van der Waals surface area contributed by atoms with E-state index in [2.05, 4.69) is 17.2 Å². The second kappa shape index (κ2) is 7.03. The number of nitrogens with zero attached hydrogens (tertiary/aromatic N) is 2. The van der Waals surface area contributed by atoms with Gasteiger partial charge in [-0.25, -0.2) is 4.98 Å². The van der Waals surface area contributed by atoms with Crippen LogP contribution in [-0.4, -0.2) is 15.5 Å². The van der Waals surface area contributed by atoms with Gasteiger partial charge in [0.15, 0.2) is 0 Å². The number of aryl methyl sites for hydroxylation is 4. The number of amides is 1. The van der Waals surface area contributed by atoms with Gasteiger partial charge in [0.25, 0.3) is 5.56 Å². The molecule has 0 saturated carbocycles. The average molecular weight is 369 g/mol. The molecule has 1 amide bonds. The van der Waals surface area contributed by atoms with Crippen molar-refractivity contribution in [1.29, 1.82) is 0 Å². The number of benzene rings is 1. The third-order valence-corrected chi connectivity index (χ3v) is 6.01. The summed E-state index contributed by atoms with van der Waals surface area (Å²) in [4.78, 5) is 31.9. The predicted molar refractivity (Wildman–Crippen MR) is 107 cm³/mol. The fraction of sp³-hybridized carbons (Fsp3) is 0.350. The zero-order valence-electron chi connectivity index (χ0n) is 15.7. The number of para-hydroxylation sites is 1. The van der Waals surface area contributed by atoms with Crippen molar-refractivity contribution in [2.24, 2.45) is 0 Å². The molecule has 0 aliphatic heterocycles. The van der Waals surface area contributed by atoms with Crippen LogP contribution in [0, 0.1) is 20.8 Å². The predicted octanol–water partition coefficient (Wildman–Crippen LogP) is 4.15. The second-order valence-corrected chi connectivity index (χ2v) is 7.75. The summed E-state index contributed by atoms with van der Waals surface area (Å²) in [6.45, 7) is 9.65. The van der Waals surface area contributed by atoms with E-state index in [-0.39, 0.29) is 11.5 Å². The molecule has 0 aliphatic carbocycles. The highest BCUT2D eigenvalue weighted by molar-refractivity contribution is 7.18. The largest absolute Gasteiger partial charge is 0.324 e. The molecule has 5 nitrogen and oxygen atoms in total. The molecular weight excluding hydrogens is 346 g/mol. The Morgan fingerprint density at radius 2 is 2.04 bits per heavy atom. The van der Waals surface area contributed by atoms with Crippen LogP contribution in [0.1, 0.15) is 41.5 Å². The first-order valence-electron chi connectivity index (χ1n) is 8.71. The molecule has 0 bridgehead atoms. The molecule has 6 heteroatoms. The summed E-state index contributed by atoms with van der Waals surface area (Å²) in [6, 6.07) is 5.31. The highest BCUT2D eigenvalue weighted by Crippen LogP contribution is 2.26. The summed E-state index contributed by atoms with van der Waals surface area (Å²) in [5, 5.41) is 3.61. The van der Waals surface area contributed by atoms with Crippen LogP contribution in [0.2, 0.25) is 0 Å². The SMILES string of the molecule is CCc1cccc(C)c1NC(=O)[C@@H](C)n1cnc2sc(C)c(C)c2c1=O. The maximum atomic E-state index is 12.9. The average Bonchev–Trinajstić information content (AvgIpc) is 2.91. The normalized spacial score (nSPS) is 12.3. The topological polar surface area (TPSA) is 64.0 Å². The van der Waals surface area contributed by atoms with Crippen molar-refractivity contribution in [2.45, 2.75) is 47.1 Å². The molecule has 1 atom stereocenters. The lowest BCUT2D eigenvalue weighted by molar-refractivity contribution is -0.118. The Balaban J connectivity index is 1.97. The first kappa shape index (κ1) is 18.3. The number of rotatable bonds is 4. The second-order valence-electron chi connectivity index (χ2n) is 6.55. The molecule has 2 heterocycles. The lowest BCUT2D eigenvalue weighted by atomic mass is 10.1. The molecule has 0 radical (unpaired) electrons. The summed E-state index contributed by atoms with van der Waals surface area (Å²) >= 11 is 1.51. The van der Waals surface area contributed by atoms with Gasteiger partial charge in [-0.15, -0.1) is 11.3 Å². The lowest BCUT2D eigenvalue weighted by Crippen LogP contribution is -2.32. The van der Waals surface area contributed by atoms with Crippen molar-refractivity contribution in [2.75, 3.05) is 5.32 Å². The summed E-state index contributed by atoms with van der Waals surface area (Å²) in [5.41, 5.74) is 3.69. The molecule has 136 valence electrons. The van der Waals surface area contributed by atoms with E-state index in [9.17, 15) is 9.59 Å². The minimum Gasteiger partial charge on any atom is -0.324 e. The Kier molecular flexibility index (Phi) is 4.96. The van der Waals surface area contributed by atoms with E-state index in [4.69, 9.17) is 0 Å². The number of anilines is 1. The summed E-state index contributed by atoms with van der Waals surface area (Å²) in [6.07, 6.45) is 2.30. The van der Waals surface area contributed by atoms with E-state index in [1.54, 1.807) is 6.92 Å². The van der Waals surface area contributed by atoms with Crippen LogP contribution in [0.4, 0.5) is 5.69 Å². The summed E-state index contributed by atoms with van der Waals surface area (Å²) in [7, 11) is 0. The van der Waals surface area contributed by atoms with Crippen LogP contribution in [0.3, 0.4) is 0 Å². The van der Waals surface area contributed by atoms with Crippen LogP contribution >= 0.6 is 11.3 Å². The van der Waals surface area contributed by atoms with Gasteiger partial charge in [0.05, 0.1) is 11.7 Å². The quantitative estimate of drug-likeness (QED) is 0.751. The van der Waals surface area contributed by atoms with Crippen LogP contribution in [0.5, 0.6) is 0 Å². The molecule has 0 unspecified atom stereocenters. The number of nitrogens with one attached hydrogen (secondary N) is 1. The Morgan fingerprint density at radius 3 is 2.73 bits per heavy atom. The number of carbonyl (C=O) groups excluding carboxylic acids is 1. The van der Waals surface area contributed by atoms with Crippen molar-refractivity contribution < 1.29 is 4.79 Å². The molecular formula is C20H23N3O2S. The molecule has 3 aromatic rings. The summed E-state index contributed by atoms with van der Waals surface area (Å²) in [5.74, 6) is -0.221. The molecule has 0 saturated heterocycles. The fourth-order valence-electron chi connectivity index (χ4n) is 3.08.